The van der Waals surface area contributed by atoms with Crippen LogP contribution in [0.3, 0.4) is 0 Å². The normalized spacial score (nSPS) is 11.7. The molecule has 116 valence electrons. The quantitative estimate of drug-likeness (QED) is 0.478. The minimum atomic E-state index is 0.967. The van der Waals surface area contributed by atoms with E-state index in [0.29, 0.717) is 0 Å². The average molecular weight is 285 g/mol. The number of allylic oxidation sites excluding steroid dienone is 2. The monoisotopic (exact) mass is 285 g/mol. The van der Waals surface area contributed by atoms with Gasteiger partial charge in [0.2, 0.25) is 0 Å². The van der Waals surface area contributed by atoms with Crippen LogP contribution in [0.1, 0.15) is 61.3 Å². The third-order valence-electron chi connectivity index (χ3n) is 4.15. The summed E-state index contributed by atoms with van der Waals surface area (Å²) >= 11 is 0. The van der Waals surface area contributed by atoms with E-state index in [1.165, 1.54) is 59.9 Å². The number of rotatable bonds is 9. The molecule has 0 saturated carbocycles. The van der Waals surface area contributed by atoms with Crippen LogP contribution in [0.2, 0.25) is 0 Å². The third kappa shape index (κ3) is 6.20. The lowest BCUT2D eigenvalue weighted by molar-refractivity contribution is 0.645. The van der Waals surface area contributed by atoms with Crippen LogP contribution in [0.4, 0.5) is 0 Å². The van der Waals surface area contributed by atoms with Gasteiger partial charge in [-0.25, -0.2) is 0 Å². The highest BCUT2D eigenvalue weighted by Gasteiger charge is 2.05. The first kappa shape index (κ1) is 17.6. The van der Waals surface area contributed by atoms with Crippen LogP contribution in [0.15, 0.2) is 36.6 Å². The Morgan fingerprint density at radius 1 is 1.05 bits per heavy atom. The minimum Gasteiger partial charge on any atom is -0.405 e. The molecule has 0 fully saturated rings. The molecule has 0 aromatic heterocycles. The van der Waals surface area contributed by atoms with Gasteiger partial charge in [0.25, 0.3) is 0 Å². The number of benzene rings is 1. The Bertz CT molecular complexity index is 483. The van der Waals surface area contributed by atoms with Crippen molar-refractivity contribution in [2.24, 2.45) is 5.73 Å². The number of aryl methyl sites for hydroxylation is 3. The molecule has 0 spiro atoms. The summed E-state index contributed by atoms with van der Waals surface area (Å²) < 4.78 is 0. The first-order valence-corrected chi connectivity index (χ1v) is 8.15. The van der Waals surface area contributed by atoms with Crippen molar-refractivity contribution in [1.29, 1.82) is 0 Å². The number of unbranched alkanes of at least 4 members (excludes halogenated alkanes) is 4. The van der Waals surface area contributed by atoms with Gasteiger partial charge in [0, 0.05) is 0 Å². The van der Waals surface area contributed by atoms with E-state index < -0.39 is 0 Å². The van der Waals surface area contributed by atoms with E-state index in [4.69, 9.17) is 5.73 Å². The van der Waals surface area contributed by atoms with Crippen molar-refractivity contribution >= 4 is 0 Å². The Morgan fingerprint density at radius 2 is 1.71 bits per heavy atom. The van der Waals surface area contributed by atoms with E-state index >= 15 is 0 Å². The summed E-state index contributed by atoms with van der Waals surface area (Å²) in [4.78, 5) is 0. The lowest BCUT2D eigenvalue weighted by Crippen LogP contribution is -1.99. The Labute approximate surface area is 131 Å². The molecule has 21 heavy (non-hydrogen) atoms. The van der Waals surface area contributed by atoms with Gasteiger partial charge in [-0.05, 0) is 81.3 Å². The summed E-state index contributed by atoms with van der Waals surface area (Å²) in [6.07, 6.45) is 12.2. The van der Waals surface area contributed by atoms with Crippen molar-refractivity contribution in [2.45, 2.75) is 65.7 Å². The Kier molecular flexibility index (Phi) is 7.89. The third-order valence-corrected chi connectivity index (χ3v) is 4.15. The van der Waals surface area contributed by atoms with E-state index in [-0.39, 0.29) is 0 Å². The van der Waals surface area contributed by atoms with Crippen LogP contribution >= 0.6 is 0 Å². The van der Waals surface area contributed by atoms with E-state index in [0.717, 1.165) is 12.8 Å². The highest BCUT2D eigenvalue weighted by atomic mass is 14.5. The molecule has 1 nitrogen and oxygen atoms in total. The van der Waals surface area contributed by atoms with Gasteiger partial charge in [-0.2, -0.15) is 0 Å². The average Bonchev–Trinajstić information content (AvgIpc) is 2.46. The molecule has 0 bridgehead atoms. The molecule has 0 atom stereocenters. The highest BCUT2D eigenvalue weighted by molar-refractivity contribution is 5.39. The molecule has 0 aliphatic rings. The highest BCUT2D eigenvalue weighted by Crippen LogP contribution is 2.21. The van der Waals surface area contributed by atoms with Crippen molar-refractivity contribution in [3.63, 3.8) is 0 Å². The zero-order chi connectivity index (χ0) is 15.7. The maximum absolute atomic E-state index is 5.61. The van der Waals surface area contributed by atoms with E-state index in [1.807, 2.05) is 6.08 Å². The smallest absolute Gasteiger partial charge is 0.00499 e. The zero-order valence-corrected chi connectivity index (χ0v) is 14.0. The van der Waals surface area contributed by atoms with Gasteiger partial charge in [-0.1, -0.05) is 36.6 Å². The van der Waals surface area contributed by atoms with Crippen LogP contribution in [0.5, 0.6) is 0 Å². The Morgan fingerprint density at radius 3 is 2.38 bits per heavy atom. The van der Waals surface area contributed by atoms with Crippen LogP contribution in [0, 0.1) is 13.8 Å². The summed E-state index contributed by atoms with van der Waals surface area (Å²) in [5.74, 6) is 0. The summed E-state index contributed by atoms with van der Waals surface area (Å²) in [6.45, 7) is 10.3. The lowest BCUT2D eigenvalue weighted by atomic mass is 9.93. The van der Waals surface area contributed by atoms with Gasteiger partial charge < -0.3 is 5.73 Å². The fourth-order valence-electron chi connectivity index (χ4n) is 2.72. The molecular weight excluding hydrogens is 254 g/mol. The van der Waals surface area contributed by atoms with Crippen LogP contribution < -0.4 is 5.73 Å². The van der Waals surface area contributed by atoms with E-state index in [2.05, 4.69) is 39.5 Å². The second-order valence-electron chi connectivity index (χ2n) is 6.14. The SMILES string of the molecule is C=CCCCCCCc1cc(C/C(C)=C/N)c(C)cc1C. The largest absolute Gasteiger partial charge is 0.405 e. The summed E-state index contributed by atoms with van der Waals surface area (Å²) in [6, 6.07) is 4.72. The van der Waals surface area contributed by atoms with Gasteiger partial charge in [0.1, 0.15) is 0 Å². The first-order valence-electron chi connectivity index (χ1n) is 8.15. The minimum absolute atomic E-state index is 0.967. The summed E-state index contributed by atoms with van der Waals surface area (Å²) in [5.41, 5.74) is 12.6. The Hall–Kier alpha value is -1.50. The van der Waals surface area contributed by atoms with Crippen molar-refractivity contribution in [2.75, 3.05) is 0 Å². The number of hydrogen-bond donors (Lipinski definition) is 1. The second kappa shape index (κ2) is 9.44. The topological polar surface area (TPSA) is 26.0 Å². The number of hydrogen-bond acceptors (Lipinski definition) is 1. The molecule has 0 radical (unpaired) electrons. The molecule has 0 heterocycles. The number of nitrogens with two attached hydrogens (primary N) is 1. The maximum atomic E-state index is 5.61. The van der Waals surface area contributed by atoms with Gasteiger partial charge in [0.15, 0.2) is 0 Å². The van der Waals surface area contributed by atoms with Gasteiger partial charge >= 0.3 is 0 Å². The van der Waals surface area contributed by atoms with Crippen LogP contribution in [-0.4, -0.2) is 0 Å². The molecule has 0 unspecified atom stereocenters. The van der Waals surface area contributed by atoms with Crippen molar-refractivity contribution in [3.8, 4) is 0 Å². The zero-order valence-electron chi connectivity index (χ0n) is 14.0. The van der Waals surface area contributed by atoms with Crippen molar-refractivity contribution in [3.05, 3.63) is 58.8 Å². The van der Waals surface area contributed by atoms with Gasteiger partial charge in [-0.3, -0.25) is 0 Å². The fourth-order valence-corrected chi connectivity index (χ4v) is 2.72. The fraction of sp³-hybridized carbons (Fsp3) is 0.500. The van der Waals surface area contributed by atoms with Crippen LogP contribution in [-0.2, 0) is 12.8 Å². The van der Waals surface area contributed by atoms with E-state index in [9.17, 15) is 0 Å². The molecule has 1 rings (SSSR count). The summed E-state index contributed by atoms with van der Waals surface area (Å²) in [7, 11) is 0. The molecule has 0 aliphatic heterocycles. The molecule has 2 N–H and O–H groups in total. The maximum Gasteiger partial charge on any atom is -0.00499 e. The molecule has 1 aromatic carbocycles. The van der Waals surface area contributed by atoms with Gasteiger partial charge in [0.05, 0.1) is 0 Å². The van der Waals surface area contributed by atoms with Gasteiger partial charge in [-0.15, -0.1) is 6.58 Å². The summed E-state index contributed by atoms with van der Waals surface area (Å²) in [5, 5.41) is 0. The molecule has 1 aromatic rings. The van der Waals surface area contributed by atoms with Crippen molar-refractivity contribution < 1.29 is 0 Å². The molecule has 1 heteroatoms. The molecule has 0 aliphatic carbocycles. The molecule has 0 saturated heterocycles. The van der Waals surface area contributed by atoms with Crippen molar-refractivity contribution in [1.82, 2.24) is 0 Å². The lowest BCUT2D eigenvalue weighted by Gasteiger charge is -2.13. The first-order chi connectivity index (χ1) is 10.1. The Balaban J connectivity index is 2.60. The standard InChI is InChI=1S/C20H31N/c1-5-6-7-8-9-10-11-19-14-20(12-16(2)15-21)18(4)13-17(19)3/h5,13-15H,1,6-12,21H2,2-4H3/b16-15+. The predicted molar refractivity (Wildman–Crippen MR) is 94.6 cm³/mol. The van der Waals surface area contributed by atoms with Crippen LogP contribution in [0.25, 0.3) is 0 Å². The molecule has 0 amide bonds. The molecular formula is C20H31N. The van der Waals surface area contributed by atoms with E-state index in [1.54, 1.807) is 6.20 Å². The predicted octanol–water partition coefficient (Wildman–Crippen LogP) is 5.39. The second-order valence-corrected chi connectivity index (χ2v) is 6.14.